The van der Waals surface area contributed by atoms with Crippen molar-refractivity contribution in [3.05, 3.63) is 0 Å². The van der Waals surface area contributed by atoms with E-state index in [0.717, 1.165) is 6.04 Å². The molecule has 1 saturated heterocycles. The number of halogens is 3. The van der Waals surface area contributed by atoms with Crippen LogP contribution in [0, 0.1) is 0 Å². The predicted molar refractivity (Wildman–Crippen MR) is 69.3 cm³/mol. The minimum atomic E-state index is -6.09. The standard InChI is InChI=1S/C11H23N.CHF3O3S/c1-3-5-9-12-10-7-6-8-11(12)4-2;2-1(3,4)8(5,6)7/h11H,3-10H2,1-2H3;(H,5,6,7). The topological polar surface area (TPSA) is 61.6 Å². The van der Waals surface area contributed by atoms with Crippen LogP contribution in [0.4, 0.5) is 13.2 Å². The summed E-state index contributed by atoms with van der Waals surface area (Å²) in [6, 6.07) is 0.991. The maximum atomic E-state index is 10.7. The molecule has 2 atom stereocenters. The van der Waals surface area contributed by atoms with Crippen molar-refractivity contribution in [1.29, 1.82) is 0 Å². The second-order valence-corrected chi connectivity index (χ2v) is 6.38. The summed E-state index contributed by atoms with van der Waals surface area (Å²) in [6.45, 7) is 7.51. The average Bonchev–Trinajstić information content (AvgIpc) is 2.35. The van der Waals surface area contributed by atoms with Gasteiger partial charge in [-0.25, -0.2) is 8.42 Å². The van der Waals surface area contributed by atoms with E-state index in [1.165, 1.54) is 51.6 Å². The van der Waals surface area contributed by atoms with Gasteiger partial charge < -0.3 is 9.45 Å². The van der Waals surface area contributed by atoms with E-state index >= 15 is 0 Å². The molecular weight excluding hydrogens is 295 g/mol. The molecule has 1 fully saturated rings. The van der Waals surface area contributed by atoms with Gasteiger partial charge in [0.1, 0.15) is 0 Å². The van der Waals surface area contributed by atoms with Crippen LogP contribution < -0.4 is 4.90 Å². The molecule has 2 unspecified atom stereocenters. The van der Waals surface area contributed by atoms with Crippen LogP contribution in [-0.2, 0) is 10.1 Å². The Bertz CT molecular complexity index is 357. The molecule has 1 N–H and O–H groups in total. The molecule has 0 amide bonds. The zero-order valence-corrected chi connectivity index (χ0v) is 12.8. The van der Waals surface area contributed by atoms with Crippen LogP contribution in [0.5, 0.6) is 0 Å². The highest BCUT2D eigenvalue weighted by molar-refractivity contribution is 7.86. The van der Waals surface area contributed by atoms with Gasteiger partial charge in [-0.3, -0.25) is 0 Å². The minimum Gasteiger partial charge on any atom is -0.741 e. The van der Waals surface area contributed by atoms with Crippen molar-refractivity contribution in [2.24, 2.45) is 0 Å². The van der Waals surface area contributed by atoms with Crippen LogP contribution >= 0.6 is 0 Å². The van der Waals surface area contributed by atoms with Crippen LogP contribution in [0.2, 0.25) is 0 Å². The summed E-state index contributed by atoms with van der Waals surface area (Å²) < 4.78 is 58.9. The quantitative estimate of drug-likeness (QED) is 0.633. The number of nitrogens with one attached hydrogen (secondary N) is 1. The molecule has 4 nitrogen and oxygen atoms in total. The third-order valence-corrected chi connectivity index (χ3v) is 4.07. The summed E-state index contributed by atoms with van der Waals surface area (Å²) >= 11 is 0. The van der Waals surface area contributed by atoms with Crippen molar-refractivity contribution in [3.8, 4) is 0 Å². The number of likely N-dealkylation sites (tertiary alicyclic amines) is 1. The Kier molecular flexibility index (Phi) is 8.69. The number of unbranched alkanes of at least 4 members (excludes halogenated alkanes) is 1. The lowest BCUT2D eigenvalue weighted by atomic mass is 10.00. The maximum absolute atomic E-state index is 10.7. The normalized spacial score (nSPS) is 23.9. The Morgan fingerprint density at radius 2 is 1.80 bits per heavy atom. The van der Waals surface area contributed by atoms with E-state index in [1.807, 2.05) is 4.90 Å². The Hall–Kier alpha value is -0.340. The van der Waals surface area contributed by atoms with Crippen LogP contribution in [-0.4, -0.2) is 37.6 Å². The molecule has 0 radical (unpaired) electrons. The van der Waals surface area contributed by atoms with E-state index < -0.39 is 15.6 Å². The first kappa shape index (κ1) is 19.7. The second kappa shape index (κ2) is 8.84. The highest BCUT2D eigenvalue weighted by Gasteiger charge is 2.36. The van der Waals surface area contributed by atoms with Gasteiger partial charge in [-0.1, -0.05) is 20.3 Å². The zero-order chi connectivity index (χ0) is 15.8. The zero-order valence-electron chi connectivity index (χ0n) is 12.0. The number of alkyl halides is 3. The third-order valence-electron chi connectivity index (χ3n) is 3.51. The Morgan fingerprint density at radius 3 is 2.20 bits per heavy atom. The Morgan fingerprint density at radius 1 is 1.25 bits per heavy atom. The molecule has 0 aromatic heterocycles. The largest absolute Gasteiger partial charge is 0.741 e. The number of hydrogen-bond acceptors (Lipinski definition) is 3. The summed E-state index contributed by atoms with van der Waals surface area (Å²) in [4.78, 5) is 1.89. The van der Waals surface area contributed by atoms with Crippen LogP contribution in [0.25, 0.3) is 0 Å². The summed E-state index contributed by atoms with van der Waals surface area (Å²) in [5.41, 5.74) is -5.65. The van der Waals surface area contributed by atoms with Gasteiger partial charge in [0, 0.05) is 0 Å². The summed E-state index contributed by atoms with van der Waals surface area (Å²) in [7, 11) is -6.09. The molecule has 0 spiro atoms. The molecule has 1 heterocycles. The van der Waals surface area contributed by atoms with Gasteiger partial charge in [0.05, 0.1) is 19.1 Å². The lowest BCUT2D eigenvalue weighted by Crippen LogP contribution is -3.16. The number of rotatable bonds is 4. The van der Waals surface area contributed by atoms with Crippen molar-refractivity contribution in [3.63, 3.8) is 0 Å². The number of quaternary nitrogens is 1. The summed E-state index contributed by atoms with van der Waals surface area (Å²) in [5, 5.41) is 0. The molecule has 1 rings (SSSR count). The average molecular weight is 319 g/mol. The molecule has 0 saturated carbocycles. The Balaban J connectivity index is 0.000000396. The molecule has 0 aromatic rings. The van der Waals surface area contributed by atoms with Crippen LogP contribution in [0.1, 0.15) is 52.4 Å². The molecule has 20 heavy (non-hydrogen) atoms. The molecule has 0 aromatic carbocycles. The van der Waals surface area contributed by atoms with Crippen molar-refractivity contribution < 1.29 is 31.0 Å². The smallest absolute Gasteiger partial charge is 0.485 e. The van der Waals surface area contributed by atoms with E-state index in [4.69, 9.17) is 13.0 Å². The number of hydrogen-bond donors (Lipinski definition) is 1. The van der Waals surface area contributed by atoms with Gasteiger partial charge in [0.15, 0.2) is 10.1 Å². The molecular formula is C12H24F3NO3S. The summed E-state index contributed by atoms with van der Waals surface area (Å²) in [5.74, 6) is 0. The lowest BCUT2D eigenvalue weighted by molar-refractivity contribution is -0.931. The Labute approximate surface area is 119 Å². The monoisotopic (exact) mass is 319 g/mol. The molecule has 0 bridgehead atoms. The van der Waals surface area contributed by atoms with E-state index in [1.54, 1.807) is 0 Å². The van der Waals surface area contributed by atoms with E-state index in [9.17, 15) is 13.2 Å². The van der Waals surface area contributed by atoms with Gasteiger partial charge in [-0.05, 0) is 32.1 Å². The summed E-state index contributed by atoms with van der Waals surface area (Å²) in [6.07, 6.45) is 8.60. The number of piperidine rings is 1. The SMILES string of the molecule is CCCC[NH+]1CCCCC1CC.O=S(=O)([O-])C(F)(F)F. The lowest BCUT2D eigenvalue weighted by Gasteiger charge is -2.31. The van der Waals surface area contributed by atoms with Crippen molar-refractivity contribution in [2.75, 3.05) is 13.1 Å². The van der Waals surface area contributed by atoms with Crippen molar-refractivity contribution in [1.82, 2.24) is 0 Å². The molecule has 1 aliphatic rings. The third kappa shape index (κ3) is 7.44. The maximum Gasteiger partial charge on any atom is 0.485 e. The van der Waals surface area contributed by atoms with Gasteiger partial charge in [0.25, 0.3) is 0 Å². The fraction of sp³-hybridized carbons (Fsp3) is 1.00. The van der Waals surface area contributed by atoms with Gasteiger partial charge in [-0.15, -0.1) is 0 Å². The van der Waals surface area contributed by atoms with Crippen molar-refractivity contribution in [2.45, 2.75) is 63.9 Å². The fourth-order valence-electron chi connectivity index (χ4n) is 2.38. The predicted octanol–water partition coefficient (Wildman–Crippen LogP) is 1.69. The minimum absolute atomic E-state index is 0.991. The highest BCUT2D eigenvalue weighted by atomic mass is 32.2. The molecule has 8 heteroatoms. The van der Waals surface area contributed by atoms with Gasteiger partial charge >= 0.3 is 5.51 Å². The van der Waals surface area contributed by atoms with E-state index in [-0.39, 0.29) is 0 Å². The second-order valence-electron chi connectivity index (χ2n) is 5.01. The van der Waals surface area contributed by atoms with Crippen molar-refractivity contribution >= 4 is 10.1 Å². The molecule has 0 aliphatic carbocycles. The fourth-order valence-corrected chi connectivity index (χ4v) is 2.38. The van der Waals surface area contributed by atoms with Crippen LogP contribution in [0.3, 0.4) is 0 Å². The van der Waals surface area contributed by atoms with Gasteiger partial charge in [0.2, 0.25) is 0 Å². The highest BCUT2D eigenvalue weighted by Crippen LogP contribution is 2.20. The van der Waals surface area contributed by atoms with Gasteiger partial charge in [-0.2, -0.15) is 13.2 Å². The first-order valence-electron chi connectivity index (χ1n) is 7.00. The van der Waals surface area contributed by atoms with E-state index in [2.05, 4.69) is 13.8 Å². The first-order chi connectivity index (χ1) is 9.13. The molecule has 122 valence electrons. The van der Waals surface area contributed by atoms with E-state index in [0.29, 0.717) is 0 Å². The van der Waals surface area contributed by atoms with Crippen LogP contribution in [0.15, 0.2) is 0 Å². The molecule has 1 aliphatic heterocycles. The first-order valence-corrected chi connectivity index (χ1v) is 8.41.